The van der Waals surface area contributed by atoms with Gasteiger partial charge in [0.05, 0.1) is 13.2 Å². The van der Waals surface area contributed by atoms with E-state index in [0.717, 1.165) is 0 Å². The molecule has 2 heterocycles. The summed E-state index contributed by atoms with van der Waals surface area (Å²) in [5, 5.41) is 0.413. The second-order valence-electron chi connectivity index (χ2n) is 5.35. The maximum atomic E-state index is 13.1. The fourth-order valence-corrected chi connectivity index (χ4v) is 4.49. The maximum Gasteiger partial charge on any atom is 0.266 e. The van der Waals surface area contributed by atoms with Crippen molar-refractivity contribution >= 4 is 26.8 Å². The van der Waals surface area contributed by atoms with Crippen molar-refractivity contribution in [1.29, 1.82) is 0 Å². The normalized spacial score (nSPS) is 15.9. The van der Waals surface area contributed by atoms with Gasteiger partial charge < -0.3 is 15.5 Å². The van der Waals surface area contributed by atoms with Gasteiger partial charge in [-0.3, -0.25) is 4.79 Å². The number of primary amides is 1. The van der Waals surface area contributed by atoms with Crippen molar-refractivity contribution in [1.82, 2.24) is 9.29 Å². The van der Waals surface area contributed by atoms with Crippen LogP contribution in [-0.2, 0) is 14.8 Å². The van der Waals surface area contributed by atoms with Gasteiger partial charge in [-0.25, -0.2) is 8.42 Å². The van der Waals surface area contributed by atoms with Crippen LogP contribution in [0, 0.1) is 11.8 Å². The van der Waals surface area contributed by atoms with Gasteiger partial charge in [0.2, 0.25) is 10.0 Å². The van der Waals surface area contributed by atoms with Crippen LogP contribution in [0.25, 0.3) is 10.9 Å². The lowest BCUT2D eigenvalue weighted by Gasteiger charge is -2.26. The summed E-state index contributed by atoms with van der Waals surface area (Å²) < 4.78 is 32.6. The largest absolute Gasteiger partial charge is 0.379 e. The SMILES string of the molecule is CC#Cc1ccc2[nH]c(C(N)=O)c(S(=O)(=O)N3CCOCC3)c2c1. The smallest absolute Gasteiger partial charge is 0.266 e. The Morgan fingerprint density at radius 3 is 2.67 bits per heavy atom. The third-order valence-electron chi connectivity index (χ3n) is 3.83. The summed E-state index contributed by atoms with van der Waals surface area (Å²) in [6.45, 7) is 2.81. The third kappa shape index (κ3) is 2.78. The number of H-pyrrole nitrogens is 1. The van der Waals surface area contributed by atoms with Crippen LogP contribution >= 0.6 is 0 Å². The van der Waals surface area contributed by atoms with E-state index in [1.807, 2.05) is 0 Å². The molecular formula is C16H17N3O4S. The van der Waals surface area contributed by atoms with Gasteiger partial charge in [0.1, 0.15) is 10.6 Å². The first-order chi connectivity index (χ1) is 11.4. The van der Waals surface area contributed by atoms with Gasteiger partial charge in [0.25, 0.3) is 5.91 Å². The second kappa shape index (κ2) is 6.28. The van der Waals surface area contributed by atoms with Gasteiger partial charge in [-0.1, -0.05) is 5.92 Å². The van der Waals surface area contributed by atoms with E-state index in [9.17, 15) is 13.2 Å². The highest BCUT2D eigenvalue weighted by molar-refractivity contribution is 7.89. The molecule has 0 spiro atoms. The van der Waals surface area contributed by atoms with E-state index in [1.54, 1.807) is 25.1 Å². The first-order valence-corrected chi connectivity index (χ1v) is 8.85. The van der Waals surface area contributed by atoms with Gasteiger partial charge in [-0.05, 0) is 25.1 Å². The standard InChI is InChI=1S/C16H17N3O4S/c1-2-3-11-4-5-13-12(10-11)15(14(18-13)16(17)20)24(21,22)19-6-8-23-9-7-19/h4-5,10,18H,6-9H2,1H3,(H2,17,20). The van der Waals surface area contributed by atoms with Crippen molar-refractivity contribution in [3.05, 3.63) is 29.5 Å². The van der Waals surface area contributed by atoms with Gasteiger partial charge in [-0.15, -0.1) is 5.92 Å². The van der Waals surface area contributed by atoms with E-state index in [-0.39, 0.29) is 23.7 Å². The summed E-state index contributed by atoms with van der Waals surface area (Å²) in [4.78, 5) is 14.5. The lowest BCUT2D eigenvalue weighted by molar-refractivity contribution is 0.0730. The lowest BCUT2D eigenvalue weighted by Crippen LogP contribution is -2.41. The first kappa shape index (κ1) is 16.5. The van der Waals surface area contributed by atoms with E-state index < -0.39 is 15.9 Å². The number of nitrogens with two attached hydrogens (primary N) is 1. The molecule has 3 rings (SSSR count). The number of ether oxygens (including phenoxy) is 1. The number of aromatic nitrogens is 1. The third-order valence-corrected chi connectivity index (χ3v) is 5.82. The summed E-state index contributed by atoms with van der Waals surface area (Å²) in [6, 6.07) is 5.10. The van der Waals surface area contributed by atoms with Crippen LogP contribution in [0.4, 0.5) is 0 Å². The monoisotopic (exact) mass is 347 g/mol. The number of hydrogen-bond acceptors (Lipinski definition) is 4. The summed E-state index contributed by atoms with van der Waals surface area (Å²) in [6.07, 6.45) is 0. The molecule has 0 bridgehead atoms. The Morgan fingerprint density at radius 1 is 1.33 bits per heavy atom. The van der Waals surface area contributed by atoms with Crippen LogP contribution in [0.15, 0.2) is 23.1 Å². The Kier molecular flexibility index (Phi) is 4.32. The zero-order chi connectivity index (χ0) is 17.3. The van der Waals surface area contributed by atoms with Crippen LogP contribution in [0.1, 0.15) is 23.0 Å². The van der Waals surface area contributed by atoms with E-state index in [4.69, 9.17) is 10.5 Å². The molecule has 0 atom stereocenters. The molecule has 7 nitrogen and oxygen atoms in total. The van der Waals surface area contributed by atoms with E-state index in [1.165, 1.54) is 4.31 Å². The quantitative estimate of drug-likeness (QED) is 0.796. The number of nitrogens with one attached hydrogen (secondary N) is 1. The van der Waals surface area contributed by atoms with Crippen molar-refractivity contribution in [3.8, 4) is 11.8 Å². The van der Waals surface area contributed by atoms with Gasteiger partial charge in [-0.2, -0.15) is 4.31 Å². The van der Waals surface area contributed by atoms with E-state index >= 15 is 0 Å². The number of benzene rings is 1. The minimum atomic E-state index is -3.88. The van der Waals surface area contributed by atoms with Crippen LogP contribution in [0.3, 0.4) is 0 Å². The lowest BCUT2D eigenvalue weighted by atomic mass is 10.1. The number of morpholine rings is 1. The molecule has 0 aliphatic carbocycles. The summed E-state index contributed by atoms with van der Waals surface area (Å²) >= 11 is 0. The maximum absolute atomic E-state index is 13.1. The average molecular weight is 347 g/mol. The molecule has 1 aromatic heterocycles. The molecule has 1 fully saturated rings. The highest BCUT2D eigenvalue weighted by Crippen LogP contribution is 2.30. The van der Waals surface area contributed by atoms with Gasteiger partial charge in [0, 0.05) is 29.6 Å². The van der Waals surface area contributed by atoms with E-state index in [2.05, 4.69) is 16.8 Å². The number of fused-ring (bicyclic) bond motifs is 1. The number of rotatable bonds is 3. The zero-order valence-electron chi connectivity index (χ0n) is 13.1. The number of nitrogens with zero attached hydrogens (tertiary/aromatic N) is 1. The number of hydrogen-bond donors (Lipinski definition) is 2. The molecule has 1 amide bonds. The second-order valence-corrected chi connectivity index (χ2v) is 7.22. The first-order valence-electron chi connectivity index (χ1n) is 7.41. The molecule has 1 aliphatic rings. The van der Waals surface area contributed by atoms with Crippen LogP contribution in [0.2, 0.25) is 0 Å². The van der Waals surface area contributed by atoms with E-state index in [0.29, 0.717) is 29.7 Å². The molecular weight excluding hydrogens is 330 g/mol. The minimum Gasteiger partial charge on any atom is -0.379 e. The molecule has 1 aromatic carbocycles. The Balaban J connectivity index is 2.26. The van der Waals surface area contributed by atoms with Crippen LogP contribution in [-0.4, -0.2) is 49.9 Å². The van der Waals surface area contributed by atoms with Crippen molar-refractivity contribution in [3.63, 3.8) is 0 Å². The van der Waals surface area contributed by atoms with Gasteiger partial charge >= 0.3 is 0 Å². The summed E-state index contributed by atoms with van der Waals surface area (Å²) in [5.41, 5.74) is 6.47. The summed E-state index contributed by atoms with van der Waals surface area (Å²) in [7, 11) is -3.88. The Bertz CT molecular complexity index is 960. The average Bonchev–Trinajstić information content (AvgIpc) is 2.96. The highest BCUT2D eigenvalue weighted by Gasteiger charge is 2.33. The Hall–Kier alpha value is -2.34. The molecule has 1 aliphatic heterocycles. The predicted octanol–water partition coefficient (Wildman–Crippen LogP) is 0.659. The molecule has 8 heteroatoms. The number of aromatic amines is 1. The highest BCUT2D eigenvalue weighted by atomic mass is 32.2. The Morgan fingerprint density at radius 2 is 2.04 bits per heavy atom. The number of carbonyl (C=O) groups is 1. The molecule has 0 radical (unpaired) electrons. The van der Waals surface area contributed by atoms with Crippen molar-refractivity contribution in [2.24, 2.45) is 5.73 Å². The molecule has 2 aromatic rings. The van der Waals surface area contributed by atoms with Gasteiger partial charge in [0.15, 0.2) is 0 Å². The molecule has 3 N–H and O–H groups in total. The molecule has 0 saturated carbocycles. The number of amides is 1. The van der Waals surface area contributed by atoms with Crippen molar-refractivity contribution < 1.29 is 17.9 Å². The fraction of sp³-hybridized carbons (Fsp3) is 0.312. The molecule has 1 saturated heterocycles. The number of sulfonamides is 1. The minimum absolute atomic E-state index is 0.0911. The molecule has 0 unspecified atom stereocenters. The van der Waals surface area contributed by atoms with Crippen LogP contribution in [0.5, 0.6) is 0 Å². The van der Waals surface area contributed by atoms with Crippen molar-refractivity contribution in [2.75, 3.05) is 26.3 Å². The van der Waals surface area contributed by atoms with Crippen molar-refractivity contribution in [2.45, 2.75) is 11.8 Å². The van der Waals surface area contributed by atoms with Crippen LogP contribution < -0.4 is 5.73 Å². The predicted molar refractivity (Wildman–Crippen MR) is 88.9 cm³/mol. The molecule has 24 heavy (non-hydrogen) atoms. The zero-order valence-corrected chi connectivity index (χ0v) is 13.9. The fourth-order valence-electron chi connectivity index (χ4n) is 2.75. The molecule has 126 valence electrons. The topological polar surface area (TPSA) is 105 Å². The number of carbonyl (C=O) groups excluding carboxylic acids is 1. The Labute approximate surface area is 139 Å². The summed E-state index contributed by atoms with van der Waals surface area (Å²) in [5.74, 6) is 4.84.